The van der Waals surface area contributed by atoms with Gasteiger partial charge in [-0.15, -0.1) is 11.8 Å². The molecule has 0 spiro atoms. The number of nitrogen functional groups attached to an aromatic ring is 1. The molecule has 0 bridgehead atoms. The molecule has 0 atom stereocenters. The zero-order valence-corrected chi connectivity index (χ0v) is 11.7. The van der Waals surface area contributed by atoms with Crippen LogP contribution >= 0.6 is 11.8 Å². The molecule has 100 valence electrons. The second-order valence-electron chi connectivity index (χ2n) is 4.06. The molecule has 0 fully saturated rings. The Hall–Kier alpha value is -1.50. The summed E-state index contributed by atoms with van der Waals surface area (Å²) in [6.45, 7) is 0. The van der Waals surface area contributed by atoms with Gasteiger partial charge in [0, 0.05) is 16.3 Å². The van der Waals surface area contributed by atoms with Crippen LogP contribution in [0, 0.1) is 0 Å². The molecule has 0 saturated carbocycles. The molecule has 2 aromatic rings. The van der Waals surface area contributed by atoms with Crippen molar-refractivity contribution in [2.45, 2.75) is 15.5 Å². The lowest BCUT2D eigenvalue weighted by atomic mass is 10.2. The highest BCUT2D eigenvalue weighted by Gasteiger charge is 2.10. The third-order valence-electron chi connectivity index (χ3n) is 2.48. The van der Waals surface area contributed by atoms with Crippen LogP contribution in [0.15, 0.2) is 58.3 Å². The fourth-order valence-electron chi connectivity index (χ4n) is 1.58. The van der Waals surface area contributed by atoms with Crippen molar-refractivity contribution >= 4 is 27.5 Å². The normalized spacial score (nSPS) is 11.4. The Bertz CT molecular complexity index is 670. The predicted molar refractivity (Wildman–Crippen MR) is 78.2 cm³/mol. The molecule has 0 aliphatic heterocycles. The highest BCUT2D eigenvalue weighted by atomic mass is 32.2. The molecule has 6 heteroatoms. The number of benzene rings is 2. The van der Waals surface area contributed by atoms with E-state index in [9.17, 15) is 8.42 Å². The molecule has 0 aromatic heterocycles. The van der Waals surface area contributed by atoms with Crippen LogP contribution in [0.3, 0.4) is 0 Å². The van der Waals surface area contributed by atoms with Crippen LogP contribution in [0.4, 0.5) is 5.69 Å². The lowest BCUT2D eigenvalue weighted by molar-refractivity contribution is 0.597. The van der Waals surface area contributed by atoms with Gasteiger partial charge in [-0.2, -0.15) is 0 Å². The van der Waals surface area contributed by atoms with Crippen LogP contribution in [0.1, 0.15) is 5.56 Å². The van der Waals surface area contributed by atoms with Crippen molar-refractivity contribution in [1.29, 1.82) is 0 Å². The number of anilines is 1. The predicted octanol–water partition coefficient (Wildman–Crippen LogP) is 2.21. The Kier molecular flexibility index (Phi) is 4.14. The van der Waals surface area contributed by atoms with Gasteiger partial charge in [0.25, 0.3) is 0 Å². The first-order chi connectivity index (χ1) is 8.95. The van der Waals surface area contributed by atoms with Gasteiger partial charge < -0.3 is 5.73 Å². The Balaban J connectivity index is 2.19. The standard InChI is InChI=1S/C13H14N2O2S2/c14-11-6-12(8-13(7-11)19(15,16)17)18-9-10-4-2-1-3-5-10/h1-8H,9,14H2,(H2,15,16,17). The zero-order valence-electron chi connectivity index (χ0n) is 10.1. The SMILES string of the molecule is Nc1cc(SCc2ccccc2)cc(S(N)(=O)=O)c1. The molecule has 0 saturated heterocycles. The van der Waals surface area contributed by atoms with E-state index in [2.05, 4.69) is 0 Å². The van der Waals surface area contributed by atoms with Gasteiger partial charge >= 0.3 is 0 Å². The third kappa shape index (κ3) is 3.99. The van der Waals surface area contributed by atoms with E-state index in [1.807, 2.05) is 30.3 Å². The lowest BCUT2D eigenvalue weighted by Gasteiger charge is -2.06. The average Bonchev–Trinajstić information content (AvgIpc) is 2.36. The second kappa shape index (κ2) is 5.64. The molecule has 0 aliphatic rings. The molecule has 4 nitrogen and oxygen atoms in total. The maximum absolute atomic E-state index is 11.3. The third-order valence-corrected chi connectivity index (χ3v) is 4.42. The summed E-state index contributed by atoms with van der Waals surface area (Å²) in [6.07, 6.45) is 0. The minimum atomic E-state index is -3.72. The second-order valence-corrected chi connectivity index (χ2v) is 6.67. The van der Waals surface area contributed by atoms with Gasteiger partial charge in [-0.05, 0) is 23.8 Å². The van der Waals surface area contributed by atoms with E-state index < -0.39 is 10.0 Å². The Labute approximate surface area is 116 Å². The molecule has 0 unspecified atom stereocenters. The van der Waals surface area contributed by atoms with E-state index in [0.29, 0.717) is 5.69 Å². The highest BCUT2D eigenvalue weighted by molar-refractivity contribution is 7.98. The van der Waals surface area contributed by atoms with Crippen LogP contribution in [0.25, 0.3) is 0 Å². The number of nitrogens with two attached hydrogens (primary N) is 2. The topological polar surface area (TPSA) is 86.2 Å². The molecule has 0 heterocycles. The van der Waals surface area contributed by atoms with E-state index >= 15 is 0 Å². The minimum Gasteiger partial charge on any atom is -0.399 e. The van der Waals surface area contributed by atoms with Crippen molar-refractivity contribution in [3.05, 3.63) is 54.1 Å². The summed E-state index contributed by atoms with van der Waals surface area (Å²) >= 11 is 1.52. The quantitative estimate of drug-likeness (QED) is 0.668. The first kappa shape index (κ1) is 13.9. The summed E-state index contributed by atoms with van der Waals surface area (Å²) in [4.78, 5) is 0.830. The summed E-state index contributed by atoms with van der Waals surface area (Å²) < 4.78 is 22.6. The van der Waals surface area contributed by atoms with Crippen LogP contribution in [0.2, 0.25) is 0 Å². The van der Waals surface area contributed by atoms with Crippen molar-refractivity contribution in [2.24, 2.45) is 5.14 Å². The van der Waals surface area contributed by atoms with Gasteiger partial charge in [0.15, 0.2) is 0 Å². The van der Waals surface area contributed by atoms with Crippen molar-refractivity contribution in [1.82, 2.24) is 0 Å². The lowest BCUT2D eigenvalue weighted by Crippen LogP contribution is -2.12. The Morgan fingerprint density at radius 1 is 1.05 bits per heavy atom. The number of primary sulfonamides is 1. The van der Waals surface area contributed by atoms with Crippen molar-refractivity contribution in [2.75, 3.05) is 5.73 Å². The van der Waals surface area contributed by atoms with Crippen molar-refractivity contribution < 1.29 is 8.42 Å². The van der Waals surface area contributed by atoms with Gasteiger partial charge in [0.2, 0.25) is 10.0 Å². The maximum Gasteiger partial charge on any atom is 0.238 e. The summed E-state index contributed by atoms with van der Waals surface area (Å²) in [5.74, 6) is 0.744. The number of hydrogen-bond acceptors (Lipinski definition) is 4. The first-order valence-electron chi connectivity index (χ1n) is 5.55. The number of rotatable bonds is 4. The molecule has 0 amide bonds. The molecule has 2 aromatic carbocycles. The van der Waals surface area contributed by atoms with E-state index in [0.717, 1.165) is 16.2 Å². The van der Waals surface area contributed by atoms with Gasteiger partial charge in [0.1, 0.15) is 0 Å². The highest BCUT2D eigenvalue weighted by Crippen LogP contribution is 2.27. The fourth-order valence-corrected chi connectivity index (χ4v) is 3.20. The molecular formula is C13H14N2O2S2. The largest absolute Gasteiger partial charge is 0.399 e. The number of thioether (sulfide) groups is 1. The summed E-state index contributed by atoms with van der Waals surface area (Å²) in [6, 6.07) is 14.5. The van der Waals surface area contributed by atoms with Gasteiger partial charge in [-0.1, -0.05) is 30.3 Å². The molecule has 0 aliphatic carbocycles. The van der Waals surface area contributed by atoms with Gasteiger partial charge in [-0.25, -0.2) is 13.6 Å². The van der Waals surface area contributed by atoms with Crippen LogP contribution in [0.5, 0.6) is 0 Å². The summed E-state index contributed by atoms with van der Waals surface area (Å²) in [5, 5.41) is 5.11. The molecule has 19 heavy (non-hydrogen) atoms. The van der Waals surface area contributed by atoms with Crippen LogP contribution < -0.4 is 10.9 Å². The van der Waals surface area contributed by atoms with Gasteiger partial charge in [-0.3, -0.25) is 0 Å². The Morgan fingerprint density at radius 3 is 2.37 bits per heavy atom. The smallest absolute Gasteiger partial charge is 0.238 e. The van der Waals surface area contributed by atoms with Gasteiger partial charge in [0.05, 0.1) is 4.90 Å². The van der Waals surface area contributed by atoms with Crippen LogP contribution in [-0.4, -0.2) is 8.42 Å². The first-order valence-corrected chi connectivity index (χ1v) is 8.08. The fraction of sp³-hybridized carbons (Fsp3) is 0.0769. The number of sulfonamides is 1. The molecule has 4 N–H and O–H groups in total. The van der Waals surface area contributed by atoms with Crippen LogP contribution in [-0.2, 0) is 15.8 Å². The summed E-state index contributed by atoms with van der Waals surface area (Å²) in [7, 11) is -3.72. The Morgan fingerprint density at radius 2 is 1.74 bits per heavy atom. The van der Waals surface area contributed by atoms with Crippen molar-refractivity contribution in [3.8, 4) is 0 Å². The zero-order chi connectivity index (χ0) is 13.9. The molecule has 2 rings (SSSR count). The minimum absolute atomic E-state index is 0.0445. The maximum atomic E-state index is 11.3. The van der Waals surface area contributed by atoms with E-state index in [-0.39, 0.29) is 4.90 Å². The van der Waals surface area contributed by atoms with E-state index in [1.54, 1.807) is 12.1 Å². The number of hydrogen-bond donors (Lipinski definition) is 2. The van der Waals surface area contributed by atoms with E-state index in [4.69, 9.17) is 10.9 Å². The molecular weight excluding hydrogens is 280 g/mol. The van der Waals surface area contributed by atoms with Crippen molar-refractivity contribution in [3.63, 3.8) is 0 Å². The van der Waals surface area contributed by atoms with E-state index in [1.165, 1.54) is 17.8 Å². The monoisotopic (exact) mass is 294 g/mol. The summed E-state index contributed by atoms with van der Waals surface area (Å²) in [5.41, 5.74) is 7.24. The molecule has 0 radical (unpaired) electrons. The average molecular weight is 294 g/mol.